The third kappa shape index (κ3) is 3.59. The molecular weight excluding hydrogens is 488 g/mol. The molecule has 4 aliphatic carbocycles. The SMILES string of the molecule is CC1(C)C(=O)C(O)=C[C@H]2C1=CC[C@@H]1[C@@]2(C)C(=O)C[C@]2(C)[C@@H]([C@](C)(O)C(=O)CC(O)C(C)(C)O)[C@@H](O)C[C@@]12C. The van der Waals surface area contributed by atoms with E-state index in [1.165, 1.54) is 26.8 Å². The molecule has 0 amide bonds. The number of carbonyl (C=O) groups is 3. The Labute approximate surface area is 224 Å². The molecule has 4 rings (SSSR count). The van der Waals surface area contributed by atoms with Gasteiger partial charge in [0.1, 0.15) is 11.4 Å². The van der Waals surface area contributed by atoms with Gasteiger partial charge in [0.2, 0.25) is 5.78 Å². The third-order valence-electron chi connectivity index (χ3n) is 11.4. The highest BCUT2D eigenvalue weighted by molar-refractivity contribution is 6.02. The van der Waals surface area contributed by atoms with Gasteiger partial charge in [-0.15, -0.1) is 0 Å². The molecule has 8 nitrogen and oxygen atoms in total. The fraction of sp³-hybridized carbons (Fsp3) is 0.767. The van der Waals surface area contributed by atoms with Gasteiger partial charge in [-0.3, -0.25) is 14.4 Å². The number of fused-ring (bicyclic) bond motifs is 5. The summed E-state index contributed by atoms with van der Waals surface area (Å²) in [6, 6.07) is 0. The summed E-state index contributed by atoms with van der Waals surface area (Å²) < 4.78 is 0. The van der Waals surface area contributed by atoms with E-state index in [0.29, 0.717) is 6.42 Å². The monoisotopic (exact) mass is 532 g/mol. The Morgan fingerprint density at radius 2 is 1.66 bits per heavy atom. The molecule has 4 aliphatic rings. The standard InChI is InChI=1S/C30H44O8/c1-25(2)15-9-10-19-27(5)13-18(32)23(30(8,38)21(34)12-20(33)26(3,4)37)28(27,6)14-22(35)29(19,7)16(15)11-17(31)24(25)36/h9,11,16,18-20,23,31-33,37-38H,10,12-14H2,1-8H3/t16-,18-,19-,20?,23-,27-,28+,29-,30+/m0/s1. The molecule has 2 fully saturated rings. The molecule has 0 aromatic carbocycles. The molecule has 0 aromatic heterocycles. The number of carbonyl (C=O) groups excluding carboxylic acids is 3. The first-order valence-electron chi connectivity index (χ1n) is 13.6. The van der Waals surface area contributed by atoms with Gasteiger partial charge in [-0.25, -0.2) is 0 Å². The zero-order chi connectivity index (χ0) is 29.0. The van der Waals surface area contributed by atoms with Gasteiger partial charge < -0.3 is 25.5 Å². The first-order chi connectivity index (χ1) is 17.1. The Bertz CT molecular complexity index is 1140. The summed E-state index contributed by atoms with van der Waals surface area (Å²) >= 11 is 0. The van der Waals surface area contributed by atoms with Crippen LogP contribution in [-0.2, 0) is 14.4 Å². The molecule has 0 aliphatic heterocycles. The average molecular weight is 533 g/mol. The Morgan fingerprint density at radius 1 is 1.08 bits per heavy atom. The number of hydrogen-bond donors (Lipinski definition) is 5. The molecule has 2 saturated carbocycles. The minimum atomic E-state index is -2.06. The van der Waals surface area contributed by atoms with Crippen LogP contribution in [0.4, 0.5) is 0 Å². The van der Waals surface area contributed by atoms with Gasteiger partial charge in [0.25, 0.3) is 0 Å². The van der Waals surface area contributed by atoms with Crippen molar-refractivity contribution < 1.29 is 39.9 Å². The summed E-state index contributed by atoms with van der Waals surface area (Å²) in [5.74, 6) is -3.25. The number of hydrogen-bond acceptors (Lipinski definition) is 8. The van der Waals surface area contributed by atoms with E-state index in [4.69, 9.17) is 0 Å². The summed E-state index contributed by atoms with van der Waals surface area (Å²) in [4.78, 5) is 40.3. The number of rotatable bonds is 5. The highest BCUT2D eigenvalue weighted by Gasteiger charge is 2.74. The van der Waals surface area contributed by atoms with Crippen LogP contribution in [-0.4, -0.2) is 66.3 Å². The van der Waals surface area contributed by atoms with Crippen LogP contribution in [0.5, 0.6) is 0 Å². The topological polar surface area (TPSA) is 152 Å². The molecule has 0 aromatic rings. The van der Waals surface area contributed by atoms with Crippen LogP contribution in [0.1, 0.15) is 81.1 Å². The normalized spacial score (nSPS) is 42.7. The van der Waals surface area contributed by atoms with Gasteiger partial charge in [-0.2, -0.15) is 0 Å². The van der Waals surface area contributed by atoms with Crippen molar-refractivity contribution in [2.75, 3.05) is 0 Å². The molecule has 0 bridgehead atoms. The lowest BCUT2D eigenvalue weighted by atomic mass is 9.39. The van der Waals surface area contributed by atoms with Crippen molar-refractivity contribution in [1.82, 2.24) is 0 Å². The van der Waals surface area contributed by atoms with Gasteiger partial charge >= 0.3 is 0 Å². The molecule has 0 spiro atoms. The predicted octanol–water partition coefficient (Wildman–Crippen LogP) is 2.81. The second-order valence-corrected chi connectivity index (χ2v) is 14.3. The Hall–Kier alpha value is -1.87. The lowest BCUT2D eigenvalue weighted by Gasteiger charge is -2.63. The smallest absolute Gasteiger partial charge is 0.206 e. The number of aliphatic hydroxyl groups excluding tert-OH is 3. The number of aliphatic hydroxyl groups is 5. The minimum absolute atomic E-state index is 0.00244. The van der Waals surface area contributed by atoms with Crippen LogP contribution in [0.25, 0.3) is 0 Å². The maximum atomic E-state index is 14.2. The van der Waals surface area contributed by atoms with E-state index >= 15 is 0 Å². The fourth-order valence-electron chi connectivity index (χ4n) is 8.78. The summed E-state index contributed by atoms with van der Waals surface area (Å²) in [6.07, 6.45) is 1.27. The van der Waals surface area contributed by atoms with Crippen molar-refractivity contribution >= 4 is 17.3 Å². The van der Waals surface area contributed by atoms with Crippen molar-refractivity contribution in [2.24, 2.45) is 39.4 Å². The highest BCUT2D eigenvalue weighted by atomic mass is 16.3. The summed E-state index contributed by atoms with van der Waals surface area (Å²) in [5.41, 5.74) is -6.32. The van der Waals surface area contributed by atoms with E-state index in [0.717, 1.165) is 5.57 Å². The van der Waals surface area contributed by atoms with Crippen molar-refractivity contribution in [3.63, 3.8) is 0 Å². The minimum Gasteiger partial charge on any atom is -0.505 e. The van der Waals surface area contributed by atoms with Gasteiger partial charge in [0, 0.05) is 30.1 Å². The molecule has 5 N–H and O–H groups in total. The molecule has 0 heterocycles. The number of ketones is 3. The Kier molecular flexibility index (Phi) is 6.38. The average Bonchev–Trinajstić information content (AvgIpc) is 2.97. The molecular formula is C30H44O8. The quantitative estimate of drug-likeness (QED) is 0.339. The second-order valence-electron chi connectivity index (χ2n) is 14.3. The molecule has 212 valence electrons. The van der Waals surface area contributed by atoms with Crippen LogP contribution in [0.15, 0.2) is 23.5 Å². The van der Waals surface area contributed by atoms with E-state index in [1.54, 1.807) is 13.8 Å². The molecule has 1 unspecified atom stereocenters. The molecule has 8 heteroatoms. The molecule has 0 saturated heterocycles. The maximum Gasteiger partial charge on any atom is 0.206 e. The van der Waals surface area contributed by atoms with E-state index in [9.17, 15) is 39.9 Å². The van der Waals surface area contributed by atoms with Crippen molar-refractivity contribution in [2.45, 2.75) is 104 Å². The van der Waals surface area contributed by atoms with Crippen LogP contribution in [0.2, 0.25) is 0 Å². The molecule has 9 atom stereocenters. The second kappa shape index (κ2) is 8.32. The first kappa shape index (κ1) is 29.1. The fourth-order valence-corrected chi connectivity index (χ4v) is 8.78. The lowest BCUT2D eigenvalue weighted by molar-refractivity contribution is -0.182. The summed E-state index contributed by atoms with van der Waals surface area (Å²) in [6.45, 7) is 13.4. The summed E-state index contributed by atoms with van der Waals surface area (Å²) in [7, 11) is 0. The highest BCUT2D eigenvalue weighted by Crippen LogP contribution is 2.73. The van der Waals surface area contributed by atoms with E-state index in [1.807, 2.05) is 26.8 Å². The number of Topliss-reactive ketones (excluding diaryl/α,β-unsaturated/α-hetero) is 3. The van der Waals surface area contributed by atoms with Crippen LogP contribution in [0.3, 0.4) is 0 Å². The lowest BCUT2D eigenvalue weighted by Crippen LogP contribution is -2.64. The largest absolute Gasteiger partial charge is 0.505 e. The van der Waals surface area contributed by atoms with E-state index in [-0.39, 0.29) is 36.1 Å². The maximum absolute atomic E-state index is 14.2. The van der Waals surface area contributed by atoms with Crippen molar-refractivity contribution in [3.05, 3.63) is 23.5 Å². The predicted molar refractivity (Wildman–Crippen MR) is 140 cm³/mol. The first-order valence-corrected chi connectivity index (χ1v) is 13.6. The third-order valence-corrected chi connectivity index (χ3v) is 11.4. The molecule has 0 radical (unpaired) electrons. The van der Waals surface area contributed by atoms with E-state index in [2.05, 4.69) is 0 Å². The Balaban J connectivity index is 1.79. The van der Waals surface area contributed by atoms with Gasteiger partial charge in [-0.1, -0.05) is 32.4 Å². The van der Waals surface area contributed by atoms with Crippen LogP contribution in [0, 0.1) is 39.4 Å². The van der Waals surface area contributed by atoms with E-state index < -0.39 is 69.1 Å². The summed E-state index contributed by atoms with van der Waals surface area (Å²) in [5, 5.41) is 54.1. The van der Waals surface area contributed by atoms with Crippen LogP contribution < -0.4 is 0 Å². The van der Waals surface area contributed by atoms with Gasteiger partial charge in [0.15, 0.2) is 11.5 Å². The van der Waals surface area contributed by atoms with Gasteiger partial charge in [-0.05, 0) is 70.3 Å². The van der Waals surface area contributed by atoms with Gasteiger partial charge in [0.05, 0.1) is 23.2 Å². The van der Waals surface area contributed by atoms with Crippen molar-refractivity contribution in [1.29, 1.82) is 0 Å². The van der Waals surface area contributed by atoms with Crippen molar-refractivity contribution in [3.8, 4) is 0 Å². The van der Waals surface area contributed by atoms with Crippen LogP contribution >= 0.6 is 0 Å². The number of allylic oxidation sites excluding steroid dienone is 4. The molecule has 38 heavy (non-hydrogen) atoms. The zero-order valence-corrected chi connectivity index (χ0v) is 23.8. The Morgan fingerprint density at radius 3 is 2.21 bits per heavy atom. The zero-order valence-electron chi connectivity index (χ0n) is 23.8.